The second-order valence-electron chi connectivity index (χ2n) is 4.93. The Labute approximate surface area is 129 Å². The van der Waals surface area contributed by atoms with Crippen molar-refractivity contribution in [3.8, 4) is 5.75 Å². The fourth-order valence-electron chi connectivity index (χ4n) is 2.00. The second kappa shape index (κ2) is 6.66. The van der Waals surface area contributed by atoms with Crippen molar-refractivity contribution < 1.29 is 9.53 Å². The molecule has 1 aliphatic carbocycles. The largest absolute Gasteiger partial charge is 0.482 e. The molecule has 1 amide bonds. The lowest BCUT2D eigenvalue weighted by Crippen LogP contribution is -2.33. The van der Waals surface area contributed by atoms with E-state index in [0.717, 1.165) is 18.4 Å². The summed E-state index contributed by atoms with van der Waals surface area (Å²) >= 11 is 12.1. The first-order valence-electron chi connectivity index (χ1n) is 6.54. The van der Waals surface area contributed by atoms with Gasteiger partial charge in [0, 0.05) is 30.2 Å². The average molecular weight is 317 g/mol. The third kappa shape index (κ3) is 3.78. The summed E-state index contributed by atoms with van der Waals surface area (Å²) in [5.41, 5.74) is 0.840. The predicted molar refractivity (Wildman–Crippen MR) is 80.5 cm³/mol. The maximum atomic E-state index is 12.0. The fourth-order valence-corrected chi connectivity index (χ4v) is 2.59. The van der Waals surface area contributed by atoms with Crippen molar-refractivity contribution in [2.75, 3.05) is 20.7 Å². The van der Waals surface area contributed by atoms with Gasteiger partial charge in [-0.25, -0.2) is 0 Å². The van der Waals surface area contributed by atoms with Gasteiger partial charge in [0.15, 0.2) is 6.61 Å². The normalized spacial score (nSPS) is 14.2. The monoisotopic (exact) mass is 316 g/mol. The minimum atomic E-state index is -0.0334. The van der Waals surface area contributed by atoms with Crippen LogP contribution in [0.5, 0.6) is 5.75 Å². The molecular weight excluding hydrogens is 299 g/mol. The summed E-state index contributed by atoms with van der Waals surface area (Å²) in [6.07, 6.45) is 2.16. The number of likely N-dealkylation sites (N-methyl/N-ethyl adjacent to an activating group) is 1. The van der Waals surface area contributed by atoms with E-state index in [0.29, 0.717) is 28.4 Å². The Kier molecular flexibility index (Phi) is 5.13. The Morgan fingerprint density at radius 1 is 1.45 bits per heavy atom. The SMILES string of the molecule is CNCc1cc(Cl)cc(Cl)c1OCC(=O)N(C)C1CC1. The van der Waals surface area contributed by atoms with E-state index < -0.39 is 0 Å². The molecule has 0 saturated heterocycles. The standard InChI is InChI=1S/C14H18Cl2N2O2/c1-17-7-9-5-10(15)6-12(16)14(9)20-8-13(19)18(2)11-3-4-11/h5-6,11,17H,3-4,7-8H2,1-2H3. The summed E-state index contributed by atoms with van der Waals surface area (Å²) in [7, 11) is 3.63. The molecule has 2 rings (SSSR count). The van der Waals surface area contributed by atoms with Crippen molar-refractivity contribution in [3.05, 3.63) is 27.7 Å². The molecule has 0 aliphatic heterocycles. The number of hydrogen-bond acceptors (Lipinski definition) is 3. The zero-order valence-corrected chi connectivity index (χ0v) is 13.1. The van der Waals surface area contributed by atoms with E-state index in [1.165, 1.54) is 0 Å². The molecule has 110 valence electrons. The number of rotatable bonds is 6. The van der Waals surface area contributed by atoms with Crippen LogP contribution >= 0.6 is 23.2 Å². The van der Waals surface area contributed by atoms with Crippen molar-refractivity contribution in [1.29, 1.82) is 0 Å². The third-order valence-electron chi connectivity index (χ3n) is 3.28. The van der Waals surface area contributed by atoms with E-state index >= 15 is 0 Å². The average Bonchev–Trinajstić information content (AvgIpc) is 3.21. The number of benzene rings is 1. The van der Waals surface area contributed by atoms with E-state index in [1.807, 2.05) is 7.05 Å². The van der Waals surface area contributed by atoms with Gasteiger partial charge in [0.1, 0.15) is 5.75 Å². The first-order valence-corrected chi connectivity index (χ1v) is 7.29. The van der Waals surface area contributed by atoms with Crippen molar-refractivity contribution in [2.24, 2.45) is 0 Å². The summed E-state index contributed by atoms with van der Waals surface area (Å²) in [5, 5.41) is 4.00. The Hall–Kier alpha value is -0.970. The Balaban J connectivity index is 2.05. The Bertz CT molecular complexity index is 504. The van der Waals surface area contributed by atoms with Crippen LogP contribution < -0.4 is 10.1 Å². The number of nitrogens with zero attached hydrogens (tertiary/aromatic N) is 1. The minimum Gasteiger partial charge on any atom is -0.482 e. The maximum absolute atomic E-state index is 12.0. The number of ether oxygens (including phenoxy) is 1. The van der Waals surface area contributed by atoms with Gasteiger partial charge in [0.25, 0.3) is 5.91 Å². The van der Waals surface area contributed by atoms with Gasteiger partial charge in [-0.05, 0) is 32.0 Å². The van der Waals surface area contributed by atoms with Crippen LogP contribution in [0.15, 0.2) is 12.1 Å². The zero-order valence-electron chi connectivity index (χ0n) is 11.6. The van der Waals surface area contributed by atoms with Gasteiger partial charge in [-0.1, -0.05) is 23.2 Å². The number of hydrogen-bond donors (Lipinski definition) is 1. The van der Waals surface area contributed by atoms with Crippen LogP contribution in [0.4, 0.5) is 0 Å². The van der Waals surface area contributed by atoms with Crippen molar-refractivity contribution >= 4 is 29.1 Å². The molecule has 1 aromatic carbocycles. The maximum Gasteiger partial charge on any atom is 0.260 e. The molecule has 20 heavy (non-hydrogen) atoms. The van der Waals surface area contributed by atoms with E-state index in [2.05, 4.69) is 5.32 Å². The molecule has 4 nitrogen and oxygen atoms in total. The lowest BCUT2D eigenvalue weighted by Gasteiger charge is -2.18. The molecule has 0 aromatic heterocycles. The number of amides is 1. The van der Waals surface area contributed by atoms with Gasteiger partial charge in [0.05, 0.1) is 5.02 Å². The van der Waals surface area contributed by atoms with E-state index in [1.54, 1.807) is 24.1 Å². The highest BCUT2D eigenvalue weighted by atomic mass is 35.5. The molecule has 0 atom stereocenters. The van der Waals surface area contributed by atoms with Crippen molar-refractivity contribution in [2.45, 2.75) is 25.4 Å². The molecule has 1 N–H and O–H groups in total. The van der Waals surface area contributed by atoms with Gasteiger partial charge in [-0.2, -0.15) is 0 Å². The molecule has 0 heterocycles. The zero-order chi connectivity index (χ0) is 14.7. The van der Waals surface area contributed by atoms with Crippen LogP contribution in [0.2, 0.25) is 10.0 Å². The van der Waals surface area contributed by atoms with E-state index in [4.69, 9.17) is 27.9 Å². The first-order chi connectivity index (χ1) is 9.52. The quantitative estimate of drug-likeness (QED) is 0.877. The molecule has 6 heteroatoms. The molecule has 0 radical (unpaired) electrons. The van der Waals surface area contributed by atoms with Crippen LogP contribution in [0.25, 0.3) is 0 Å². The number of halogens is 2. The lowest BCUT2D eigenvalue weighted by molar-refractivity contribution is -0.132. The summed E-state index contributed by atoms with van der Waals surface area (Å²) in [6.45, 7) is 0.563. The van der Waals surface area contributed by atoms with Crippen molar-refractivity contribution in [1.82, 2.24) is 10.2 Å². The highest BCUT2D eigenvalue weighted by Gasteiger charge is 2.29. The Morgan fingerprint density at radius 2 is 2.15 bits per heavy atom. The number of carbonyl (C=O) groups is 1. The predicted octanol–water partition coefficient (Wildman–Crippen LogP) is 2.71. The summed E-state index contributed by atoms with van der Waals surface area (Å²) < 4.78 is 5.61. The van der Waals surface area contributed by atoms with E-state index in [-0.39, 0.29) is 12.5 Å². The molecule has 1 aromatic rings. The van der Waals surface area contributed by atoms with Crippen LogP contribution in [0.3, 0.4) is 0 Å². The molecule has 0 unspecified atom stereocenters. The molecule has 1 aliphatic rings. The third-order valence-corrected chi connectivity index (χ3v) is 3.78. The van der Waals surface area contributed by atoms with Crippen LogP contribution in [-0.4, -0.2) is 37.6 Å². The van der Waals surface area contributed by atoms with Gasteiger partial charge in [-0.15, -0.1) is 0 Å². The minimum absolute atomic E-state index is 0.00886. The van der Waals surface area contributed by atoms with Crippen LogP contribution in [0, 0.1) is 0 Å². The molecule has 1 fully saturated rings. The van der Waals surface area contributed by atoms with Gasteiger partial charge >= 0.3 is 0 Å². The topological polar surface area (TPSA) is 41.6 Å². The smallest absolute Gasteiger partial charge is 0.260 e. The highest BCUT2D eigenvalue weighted by molar-refractivity contribution is 6.35. The van der Waals surface area contributed by atoms with Gasteiger partial charge in [0.2, 0.25) is 0 Å². The summed E-state index contributed by atoms with van der Waals surface area (Å²) in [6, 6.07) is 3.78. The summed E-state index contributed by atoms with van der Waals surface area (Å²) in [5.74, 6) is 0.483. The fraction of sp³-hybridized carbons (Fsp3) is 0.500. The molecular formula is C14H18Cl2N2O2. The van der Waals surface area contributed by atoms with E-state index in [9.17, 15) is 4.79 Å². The summed E-state index contributed by atoms with van der Waals surface area (Å²) in [4.78, 5) is 13.7. The molecule has 0 spiro atoms. The second-order valence-corrected chi connectivity index (χ2v) is 5.77. The number of nitrogens with one attached hydrogen (secondary N) is 1. The van der Waals surface area contributed by atoms with Crippen LogP contribution in [0.1, 0.15) is 18.4 Å². The van der Waals surface area contributed by atoms with Crippen LogP contribution in [-0.2, 0) is 11.3 Å². The Morgan fingerprint density at radius 3 is 2.75 bits per heavy atom. The van der Waals surface area contributed by atoms with Crippen molar-refractivity contribution in [3.63, 3.8) is 0 Å². The highest BCUT2D eigenvalue weighted by Crippen LogP contribution is 2.32. The van der Waals surface area contributed by atoms with Gasteiger partial charge in [-0.3, -0.25) is 4.79 Å². The molecule has 1 saturated carbocycles. The van der Waals surface area contributed by atoms with Gasteiger partial charge < -0.3 is 15.0 Å². The first kappa shape index (κ1) is 15.4. The lowest BCUT2D eigenvalue weighted by atomic mass is 10.2. The number of carbonyl (C=O) groups excluding carboxylic acids is 1. The molecule has 0 bridgehead atoms.